The third-order valence-electron chi connectivity index (χ3n) is 3.82. The standard InChI is InChI=1S/C20H18ClN3O/c1-14(23-18-11-9-17(21)10-12-18)20(25)24-22-13-16-7-4-6-15-5-2-3-8-19(15)16/h2-14,23H,1H3,(H,24,25)/b22-13+. The van der Waals surface area contributed by atoms with Crippen LogP contribution in [0.3, 0.4) is 0 Å². The Kier molecular flexibility index (Phi) is 5.31. The van der Waals surface area contributed by atoms with Crippen LogP contribution in [0.25, 0.3) is 10.8 Å². The van der Waals surface area contributed by atoms with Gasteiger partial charge in [0.15, 0.2) is 0 Å². The molecule has 4 nitrogen and oxygen atoms in total. The van der Waals surface area contributed by atoms with Gasteiger partial charge in [-0.05, 0) is 42.0 Å². The summed E-state index contributed by atoms with van der Waals surface area (Å²) in [6, 6.07) is 20.8. The van der Waals surface area contributed by atoms with Crippen LogP contribution in [-0.2, 0) is 4.79 Å². The lowest BCUT2D eigenvalue weighted by molar-refractivity contribution is -0.121. The lowest BCUT2D eigenvalue weighted by Crippen LogP contribution is -2.34. The summed E-state index contributed by atoms with van der Waals surface area (Å²) in [6.45, 7) is 1.78. The van der Waals surface area contributed by atoms with E-state index in [0.717, 1.165) is 22.0 Å². The van der Waals surface area contributed by atoms with E-state index in [0.29, 0.717) is 5.02 Å². The molecule has 25 heavy (non-hydrogen) atoms. The summed E-state index contributed by atoms with van der Waals surface area (Å²) in [5.74, 6) is -0.216. The topological polar surface area (TPSA) is 53.5 Å². The van der Waals surface area contributed by atoms with Crippen LogP contribution in [0.15, 0.2) is 71.8 Å². The van der Waals surface area contributed by atoms with Crippen molar-refractivity contribution in [3.8, 4) is 0 Å². The zero-order chi connectivity index (χ0) is 17.6. The van der Waals surface area contributed by atoms with Crippen molar-refractivity contribution in [1.82, 2.24) is 5.43 Å². The molecule has 0 aliphatic heterocycles. The molecule has 0 heterocycles. The number of hydrogen-bond acceptors (Lipinski definition) is 3. The van der Waals surface area contributed by atoms with Crippen LogP contribution >= 0.6 is 11.6 Å². The molecule has 3 aromatic carbocycles. The smallest absolute Gasteiger partial charge is 0.262 e. The second-order valence-electron chi connectivity index (χ2n) is 5.68. The number of rotatable bonds is 5. The van der Waals surface area contributed by atoms with Crippen molar-refractivity contribution in [2.75, 3.05) is 5.32 Å². The van der Waals surface area contributed by atoms with Crippen LogP contribution in [0, 0.1) is 0 Å². The zero-order valence-corrected chi connectivity index (χ0v) is 14.5. The van der Waals surface area contributed by atoms with Gasteiger partial charge in [0.05, 0.1) is 6.21 Å². The average molecular weight is 352 g/mol. The molecule has 0 aromatic heterocycles. The first-order valence-corrected chi connectivity index (χ1v) is 8.34. The van der Waals surface area contributed by atoms with Crippen LogP contribution in [-0.4, -0.2) is 18.2 Å². The van der Waals surface area contributed by atoms with E-state index < -0.39 is 6.04 Å². The quantitative estimate of drug-likeness (QED) is 0.527. The Morgan fingerprint density at radius 1 is 1.04 bits per heavy atom. The average Bonchev–Trinajstić information content (AvgIpc) is 2.63. The summed E-state index contributed by atoms with van der Waals surface area (Å²) in [5.41, 5.74) is 4.35. The maximum absolute atomic E-state index is 12.2. The number of nitrogens with zero attached hydrogens (tertiary/aromatic N) is 1. The molecule has 0 fully saturated rings. The molecule has 0 saturated carbocycles. The largest absolute Gasteiger partial charge is 0.374 e. The highest BCUT2D eigenvalue weighted by Gasteiger charge is 2.11. The third kappa shape index (κ3) is 4.37. The van der Waals surface area contributed by atoms with E-state index >= 15 is 0 Å². The van der Waals surface area contributed by atoms with Gasteiger partial charge in [-0.1, -0.05) is 54.1 Å². The summed E-state index contributed by atoms with van der Waals surface area (Å²) in [7, 11) is 0. The van der Waals surface area contributed by atoms with Gasteiger partial charge in [-0.15, -0.1) is 0 Å². The fourth-order valence-electron chi connectivity index (χ4n) is 2.49. The molecule has 1 unspecified atom stereocenters. The molecule has 2 N–H and O–H groups in total. The highest BCUT2D eigenvalue weighted by molar-refractivity contribution is 6.30. The Balaban J connectivity index is 1.62. The normalized spacial score (nSPS) is 12.2. The number of carbonyl (C=O) groups excluding carboxylic acids is 1. The van der Waals surface area contributed by atoms with Crippen LogP contribution in [0.5, 0.6) is 0 Å². The van der Waals surface area contributed by atoms with Gasteiger partial charge in [0.2, 0.25) is 0 Å². The molecule has 1 amide bonds. The monoisotopic (exact) mass is 351 g/mol. The van der Waals surface area contributed by atoms with Gasteiger partial charge in [-0.2, -0.15) is 5.10 Å². The highest BCUT2D eigenvalue weighted by Crippen LogP contribution is 2.17. The number of anilines is 1. The van der Waals surface area contributed by atoms with E-state index in [2.05, 4.69) is 15.8 Å². The van der Waals surface area contributed by atoms with Gasteiger partial charge in [0.25, 0.3) is 5.91 Å². The lowest BCUT2D eigenvalue weighted by atomic mass is 10.1. The molecule has 0 radical (unpaired) electrons. The summed E-state index contributed by atoms with van der Waals surface area (Å²) < 4.78 is 0. The van der Waals surface area contributed by atoms with E-state index in [1.165, 1.54) is 0 Å². The number of benzene rings is 3. The van der Waals surface area contributed by atoms with Gasteiger partial charge >= 0.3 is 0 Å². The van der Waals surface area contributed by atoms with E-state index in [4.69, 9.17) is 11.6 Å². The van der Waals surface area contributed by atoms with Gasteiger partial charge in [-0.25, -0.2) is 5.43 Å². The Bertz CT molecular complexity index is 901. The summed E-state index contributed by atoms with van der Waals surface area (Å²) in [6.07, 6.45) is 1.66. The van der Waals surface area contributed by atoms with Crippen molar-refractivity contribution in [3.63, 3.8) is 0 Å². The van der Waals surface area contributed by atoms with Gasteiger partial charge in [-0.3, -0.25) is 4.79 Å². The number of amides is 1. The zero-order valence-electron chi connectivity index (χ0n) is 13.7. The van der Waals surface area contributed by atoms with Crippen molar-refractivity contribution in [2.24, 2.45) is 5.10 Å². The molecule has 0 aliphatic rings. The molecule has 3 aromatic rings. The molecule has 5 heteroatoms. The minimum atomic E-state index is -0.425. The van der Waals surface area contributed by atoms with E-state index in [1.807, 2.05) is 54.6 Å². The number of fused-ring (bicyclic) bond motifs is 1. The molecule has 0 aliphatic carbocycles. The molecule has 1 atom stereocenters. The van der Waals surface area contributed by atoms with E-state index in [9.17, 15) is 4.79 Å². The second-order valence-corrected chi connectivity index (χ2v) is 6.11. The minimum Gasteiger partial charge on any atom is -0.374 e. The first-order valence-electron chi connectivity index (χ1n) is 7.96. The second kappa shape index (κ2) is 7.81. The number of hydrazone groups is 1. The first kappa shape index (κ1) is 17.0. The maximum atomic E-state index is 12.2. The number of halogens is 1. The minimum absolute atomic E-state index is 0.216. The van der Waals surface area contributed by atoms with E-state index in [-0.39, 0.29) is 5.91 Å². The Morgan fingerprint density at radius 2 is 1.76 bits per heavy atom. The van der Waals surface area contributed by atoms with E-state index in [1.54, 1.807) is 25.3 Å². The third-order valence-corrected chi connectivity index (χ3v) is 4.07. The predicted molar refractivity (Wildman–Crippen MR) is 104 cm³/mol. The van der Waals surface area contributed by atoms with Crippen molar-refractivity contribution < 1.29 is 4.79 Å². The molecule has 0 spiro atoms. The van der Waals surface area contributed by atoms with Gasteiger partial charge < -0.3 is 5.32 Å². The molecule has 3 rings (SSSR count). The SMILES string of the molecule is CC(Nc1ccc(Cl)cc1)C(=O)N/N=C/c1cccc2ccccc12. The Labute approximate surface area is 151 Å². The van der Waals surface area contributed by atoms with Crippen molar-refractivity contribution in [1.29, 1.82) is 0 Å². The maximum Gasteiger partial charge on any atom is 0.262 e. The van der Waals surface area contributed by atoms with Crippen molar-refractivity contribution >= 4 is 40.2 Å². The highest BCUT2D eigenvalue weighted by atomic mass is 35.5. The Morgan fingerprint density at radius 3 is 2.56 bits per heavy atom. The Hall–Kier alpha value is -2.85. The predicted octanol–water partition coefficient (Wildman–Crippen LogP) is 4.44. The molecule has 126 valence electrons. The number of hydrogen-bond donors (Lipinski definition) is 2. The van der Waals surface area contributed by atoms with Crippen molar-refractivity contribution in [2.45, 2.75) is 13.0 Å². The molecule has 0 bridgehead atoms. The van der Waals surface area contributed by atoms with Crippen molar-refractivity contribution in [3.05, 3.63) is 77.3 Å². The van der Waals surface area contributed by atoms with Crippen LogP contribution in [0.4, 0.5) is 5.69 Å². The fourth-order valence-corrected chi connectivity index (χ4v) is 2.61. The summed E-state index contributed by atoms with van der Waals surface area (Å²) >= 11 is 5.85. The van der Waals surface area contributed by atoms with Crippen LogP contribution in [0.1, 0.15) is 12.5 Å². The summed E-state index contributed by atoms with van der Waals surface area (Å²) in [4.78, 5) is 12.2. The van der Waals surface area contributed by atoms with Crippen LogP contribution < -0.4 is 10.7 Å². The summed E-state index contributed by atoms with van der Waals surface area (Å²) in [5, 5.41) is 10.1. The number of carbonyl (C=O) groups is 1. The fraction of sp³-hybridized carbons (Fsp3) is 0.100. The molecular formula is C20H18ClN3O. The first-order chi connectivity index (χ1) is 12.1. The molecule has 0 saturated heterocycles. The van der Waals surface area contributed by atoms with Gasteiger partial charge in [0.1, 0.15) is 6.04 Å². The van der Waals surface area contributed by atoms with Gasteiger partial charge in [0, 0.05) is 16.3 Å². The number of nitrogens with one attached hydrogen (secondary N) is 2. The lowest BCUT2D eigenvalue weighted by Gasteiger charge is -2.13. The van der Waals surface area contributed by atoms with Crippen LogP contribution in [0.2, 0.25) is 5.02 Å². The molecular weight excluding hydrogens is 334 g/mol.